The largest absolute Gasteiger partial charge is 0.351 e. The van der Waals surface area contributed by atoms with E-state index in [0.29, 0.717) is 6.07 Å². The van der Waals surface area contributed by atoms with E-state index in [1.165, 1.54) is 0 Å². The van der Waals surface area contributed by atoms with Gasteiger partial charge in [-0.05, 0) is 30.2 Å². The SMILES string of the molecule is CC(CNC(=O)c1ccc(F)cc1F)(c1ccccc1)c1ccccc1. The summed E-state index contributed by atoms with van der Waals surface area (Å²) in [6, 6.07) is 22.6. The maximum atomic E-state index is 13.9. The lowest BCUT2D eigenvalue weighted by molar-refractivity contribution is 0.0943. The Kier molecular flexibility index (Phi) is 5.12. The van der Waals surface area contributed by atoms with Gasteiger partial charge in [-0.25, -0.2) is 8.78 Å². The Labute approximate surface area is 151 Å². The van der Waals surface area contributed by atoms with Gasteiger partial charge in [0.25, 0.3) is 5.91 Å². The van der Waals surface area contributed by atoms with Gasteiger partial charge in [0.1, 0.15) is 11.6 Å². The van der Waals surface area contributed by atoms with Gasteiger partial charge in [-0.1, -0.05) is 60.7 Å². The molecule has 0 bridgehead atoms. The quantitative estimate of drug-likeness (QED) is 0.709. The van der Waals surface area contributed by atoms with Crippen molar-refractivity contribution in [3.8, 4) is 0 Å². The minimum absolute atomic E-state index is 0.171. The van der Waals surface area contributed by atoms with Crippen LogP contribution in [0.2, 0.25) is 0 Å². The van der Waals surface area contributed by atoms with E-state index in [9.17, 15) is 13.6 Å². The molecule has 0 aliphatic heterocycles. The standard InChI is InChI=1S/C22H19F2NO/c1-22(16-8-4-2-5-9-16,17-10-6-3-7-11-17)15-25-21(26)19-13-12-18(23)14-20(19)24/h2-14H,15H2,1H3,(H,25,26). The van der Waals surface area contributed by atoms with Crippen molar-refractivity contribution in [1.29, 1.82) is 0 Å². The number of halogens is 2. The molecule has 1 amide bonds. The summed E-state index contributed by atoms with van der Waals surface area (Å²) in [7, 11) is 0. The van der Waals surface area contributed by atoms with Gasteiger partial charge in [-0.3, -0.25) is 4.79 Å². The lowest BCUT2D eigenvalue weighted by Crippen LogP contribution is -2.39. The van der Waals surface area contributed by atoms with E-state index in [1.807, 2.05) is 67.6 Å². The topological polar surface area (TPSA) is 29.1 Å². The summed E-state index contributed by atoms with van der Waals surface area (Å²) in [6.45, 7) is 2.30. The molecule has 1 N–H and O–H groups in total. The highest BCUT2D eigenvalue weighted by atomic mass is 19.1. The zero-order chi connectivity index (χ0) is 18.6. The third kappa shape index (κ3) is 3.64. The zero-order valence-corrected chi connectivity index (χ0v) is 14.4. The smallest absolute Gasteiger partial charge is 0.254 e. The number of nitrogens with one attached hydrogen (secondary N) is 1. The first-order valence-corrected chi connectivity index (χ1v) is 8.35. The van der Waals surface area contributed by atoms with Crippen LogP contribution < -0.4 is 5.32 Å². The van der Waals surface area contributed by atoms with Crippen molar-refractivity contribution in [3.05, 3.63) is 107 Å². The second-order valence-electron chi connectivity index (χ2n) is 6.37. The molecule has 0 fully saturated rings. The number of amides is 1. The van der Waals surface area contributed by atoms with Crippen molar-refractivity contribution in [2.24, 2.45) is 0 Å². The lowest BCUT2D eigenvalue weighted by Gasteiger charge is -2.31. The highest BCUT2D eigenvalue weighted by Crippen LogP contribution is 2.31. The fourth-order valence-corrected chi connectivity index (χ4v) is 3.01. The second kappa shape index (κ2) is 7.48. The first kappa shape index (κ1) is 17.8. The Bertz CT molecular complexity index is 855. The average molecular weight is 351 g/mol. The van der Waals surface area contributed by atoms with E-state index >= 15 is 0 Å². The van der Waals surface area contributed by atoms with Gasteiger partial charge in [-0.15, -0.1) is 0 Å². The molecular formula is C22H19F2NO. The Morgan fingerprint density at radius 1 is 0.885 bits per heavy atom. The number of hydrogen-bond donors (Lipinski definition) is 1. The molecule has 4 heteroatoms. The van der Waals surface area contributed by atoms with Gasteiger partial charge in [0.05, 0.1) is 5.56 Å². The molecule has 0 aromatic heterocycles. The summed E-state index contributed by atoms with van der Waals surface area (Å²) < 4.78 is 26.9. The number of hydrogen-bond acceptors (Lipinski definition) is 1. The lowest BCUT2D eigenvalue weighted by atomic mass is 9.76. The molecule has 3 rings (SSSR count). The molecule has 132 valence electrons. The number of carbonyl (C=O) groups is 1. The van der Waals surface area contributed by atoms with Crippen LogP contribution >= 0.6 is 0 Å². The summed E-state index contributed by atoms with van der Waals surface area (Å²) in [5.74, 6) is -2.15. The predicted octanol–water partition coefficient (Wildman–Crippen LogP) is 4.70. The number of carbonyl (C=O) groups excluding carboxylic acids is 1. The van der Waals surface area contributed by atoms with E-state index < -0.39 is 23.0 Å². The molecule has 3 aromatic carbocycles. The molecule has 0 saturated carbocycles. The summed E-state index contributed by atoms with van der Waals surface area (Å²) in [5.41, 5.74) is 1.40. The van der Waals surface area contributed by atoms with Gasteiger partial charge in [0.2, 0.25) is 0 Å². The van der Waals surface area contributed by atoms with Crippen LogP contribution in [0.25, 0.3) is 0 Å². The van der Waals surface area contributed by atoms with Gasteiger partial charge < -0.3 is 5.32 Å². The fourth-order valence-electron chi connectivity index (χ4n) is 3.01. The van der Waals surface area contributed by atoms with E-state index in [-0.39, 0.29) is 12.1 Å². The monoisotopic (exact) mass is 351 g/mol. The Morgan fingerprint density at radius 3 is 1.92 bits per heavy atom. The van der Waals surface area contributed by atoms with Gasteiger partial charge in [0, 0.05) is 18.0 Å². The summed E-state index contributed by atoms with van der Waals surface area (Å²) in [5, 5.41) is 2.80. The Morgan fingerprint density at radius 2 is 1.42 bits per heavy atom. The molecule has 26 heavy (non-hydrogen) atoms. The van der Waals surface area contributed by atoms with E-state index in [1.54, 1.807) is 0 Å². The van der Waals surface area contributed by atoms with E-state index in [2.05, 4.69) is 5.32 Å². The maximum Gasteiger partial charge on any atom is 0.254 e. The number of benzene rings is 3. The maximum absolute atomic E-state index is 13.9. The highest BCUT2D eigenvalue weighted by Gasteiger charge is 2.29. The molecule has 0 atom stereocenters. The predicted molar refractivity (Wildman–Crippen MR) is 98.0 cm³/mol. The molecule has 0 aliphatic carbocycles. The molecule has 0 aliphatic rings. The van der Waals surface area contributed by atoms with Crippen molar-refractivity contribution < 1.29 is 13.6 Å². The van der Waals surface area contributed by atoms with Gasteiger partial charge in [0.15, 0.2) is 0 Å². The molecule has 2 nitrogen and oxygen atoms in total. The van der Waals surface area contributed by atoms with Crippen molar-refractivity contribution in [2.45, 2.75) is 12.3 Å². The van der Waals surface area contributed by atoms with Crippen LogP contribution in [0, 0.1) is 11.6 Å². The molecular weight excluding hydrogens is 332 g/mol. The van der Waals surface area contributed by atoms with Crippen LogP contribution in [-0.2, 0) is 5.41 Å². The van der Waals surface area contributed by atoms with Crippen LogP contribution in [0.3, 0.4) is 0 Å². The molecule has 0 spiro atoms. The van der Waals surface area contributed by atoms with Crippen LogP contribution in [0.1, 0.15) is 28.4 Å². The van der Waals surface area contributed by atoms with E-state index in [0.717, 1.165) is 23.3 Å². The zero-order valence-electron chi connectivity index (χ0n) is 14.4. The summed E-state index contributed by atoms with van der Waals surface area (Å²) >= 11 is 0. The number of rotatable bonds is 5. The van der Waals surface area contributed by atoms with Crippen molar-refractivity contribution >= 4 is 5.91 Å². The third-order valence-corrected chi connectivity index (χ3v) is 4.60. The minimum Gasteiger partial charge on any atom is -0.351 e. The van der Waals surface area contributed by atoms with Gasteiger partial charge >= 0.3 is 0 Å². The normalized spacial score (nSPS) is 11.2. The Hall–Kier alpha value is -3.01. The van der Waals surface area contributed by atoms with Crippen LogP contribution in [0.4, 0.5) is 8.78 Å². The molecule has 0 unspecified atom stereocenters. The van der Waals surface area contributed by atoms with E-state index in [4.69, 9.17) is 0 Å². The Balaban J connectivity index is 1.89. The minimum atomic E-state index is -0.872. The van der Waals surface area contributed by atoms with Crippen LogP contribution in [0.5, 0.6) is 0 Å². The average Bonchev–Trinajstić information content (AvgIpc) is 2.67. The third-order valence-electron chi connectivity index (χ3n) is 4.60. The van der Waals surface area contributed by atoms with Crippen molar-refractivity contribution in [3.63, 3.8) is 0 Å². The van der Waals surface area contributed by atoms with Crippen LogP contribution in [0.15, 0.2) is 78.9 Å². The van der Waals surface area contributed by atoms with Crippen molar-refractivity contribution in [1.82, 2.24) is 5.32 Å². The van der Waals surface area contributed by atoms with Gasteiger partial charge in [-0.2, -0.15) is 0 Å². The highest BCUT2D eigenvalue weighted by molar-refractivity contribution is 5.94. The first-order valence-electron chi connectivity index (χ1n) is 8.35. The molecule has 3 aromatic rings. The molecule has 0 saturated heterocycles. The first-order chi connectivity index (χ1) is 12.5. The summed E-state index contributed by atoms with van der Waals surface area (Å²) in [4.78, 5) is 12.4. The van der Waals surface area contributed by atoms with Crippen molar-refractivity contribution in [2.75, 3.05) is 6.54 Å². The summed E-state index contributed by atoms with van der Waals surface area (Å²) in [6.07, 6.45) is 0. The fraction of sp³-hybridized carbons (Fsp3) is 0.136. The molecule has 0 radical (unpaired) electrons. The second-order valence-corrected chi connectivity index (χ2v) is 6.37. The molecule has 0 heterocycles. The van der Waals surface area contributed by atoms with Crippen LogP contribution in [-0.4, -0.2) is 12.5 Å².